The van der Waals surface area contributed by atoms with E-state index in [1.54, 1.807) is 0 Å². The maximum Gasteiger partial charge on any atom is 0.0540 e. The fraction of sp³-hybridized carbons (Fsp3) is 0.0667. The summed E-state index contributed by atoms with van der Waals surface area (Å²) in [6, 6.07) is 60.1. The first-order chi connectivity index (χ1) is 23.1. The molecule has 1 aliphatic carbocycles. The standard InChI is InChI=1S/C45H33NS/c1-45(2)38-22-10-6-20-36(38)44-35(21-14-23-39(44)45)33-18-8-12-25-41(33)46(31-15-4-3-5-16-31)40-24-11-7-17-32(40)30-27-28-43-37(29-30)34-19-9-13-26-42(34)47-43/h3-29H,1-2H3. The van der Waals surface area contributed by atoms with Crippen LogP contribution in [-0.4, -0.2) is 0 Å². The van der Waals surface area contributed by atoms with Gasteiger partial charge in [0, 0.05) is 42.4 Å². The average molecular weight is 620 g/mol. The third-order valence-electron chi connectivity index (χ3n) is 9.89. The molecule has 1 aromatic heterocycles. The molecule has 0 unspecified atom stereocenters. The molecule has 1 nitrogen and oxygen atoms in total. The van der Waals surface area contributed by atoms with E-state index in [2.05, 4.69) is 183 Å². The lowest BCUT2D eigenvalue weighted by atomic mass is 9.82. The molecule has 2 heteroatoms. The topological polar surface area (TPSA) is 3.24 Å². The molecule has 0 saturated heterocycles. The fourth-order valence-electron chi connectivity index (χ4n) is 7.67. The Hall–Kier alpha value is -5.44. The lowest BCUT2D eigenvalue weighted by Crippen LogP contribution is -2.15. The van der Waals surface area contributed by atoms with Crippen LogP contribution in [0.1, 0.15) is 25.0 Å². The van der Waals surface area contributed by atoms with Gasteiger partial charge in [0.05, 0.1) is 11.4 Å². The van der Waals surface area contributed by atoms with Crippen LogP contribution in [0, 0.1) is 0 Å². The van der Waals surface area contributed by atoms with Crippen LogP contribution in [0.5, 0.6) is 0 Å². The van der Waals surface area contributed by atoms with Gasteiger partial charge in [-0.3, -0.25) is 0 Å². The molecule has 1 heterocycles. The zero-order chi connectivity index (χ0) is 31.5. The molecule has 0 radical (unpaired) electrons. The summed E-state index contributed by atoms with van der Waals surface area (Å²) >= 11 is 1.86. The van der Waals surface area contributed by atoms with Gasteiger partial charge in [-0.25, -0.2) is 0 Å². The smallest absolute Gasteiger partial charge is 0.0540 e. The van der Waals surface area contributed by atoms with Gasteiger partial charge >= 0.3 is 0 Å². The third-order valence-corrected chi connectivity index (χ3v) is 11.0. The quantitative estimate of drug-likeness (QED) is 0.185. The highest BCUT2D eigenvalue weighted by molar-refractivity contribution is 7.25. The Labute approximate surface area is 280 Å². The van der Waals surface area contributed by atoms with Gasteiger partial charge in [0.2, 0.25) is 0 Å². The fourth-order valence-corrected chi connectivity index (χ4v) is 8.75. The maximum atomic E-state index is 2.45. The molecule has 47 heavy (non-hydrogen) atoms. The molecule has 0 amide bonds. The Morgan fingerprint density at radius 1 is 0.447 bits per heavy atom. The highest BCUT2D eigenvalue weighted by atomic mass is 32.1. The summed E-state index contributed by atoms with van der Waals surface area (Å²) < 4.78 is 2.65. The first-order valence-corrected chi connectivity index (χ1v) is 17.1. The third kappa shape index (κ3) is 4.36. The Balaban J connectivity index is 1.28. The first kappa shape index (κ1) is 27.8. The summed E-state index contributed by atoms with van der Waals surface area (Å²) in [5, 5.41) is 2.63. The van der Waals surface area contributed by atoms with Crippen molar-refractivity contribution in [2.24, 2.45) is 0 Å². The highest BCUT2D eigenvalue weighted by Gasteiger charge is 2.37. The highest BCUT2D eigenvalue weighted by Crippen LogP contribution is 2.54. The number of para-hydroxylation sites is 3. The Morgan fingerprint density at radius 2 is 1.04 bits per heavy atom. The molecule has 0 saturated carbocycles. The minimum Gasteiger partial charge on any atom is -0.309 e. The van der Waals surface area contributed by atoms with Crippen LogP contribution < -0.4 is 4.90 Å². The van der Waals surface area contributed by atoms with Gasteiger partial charge in [-0.2, -0.15) is 0 Å². The van der Waals surface area contributed by atoms with Crippen molar-refractivity contribution in [2.75, 3.05) is 4.90 Å². The van der Waals surface area contributed by atoms with Gasteiger partial charge in [0.1, 0.15) is 0 Å². The maximum absolute atomic E-state index is 2.45. The second-order valence-electron chi connectivity index (χ2n) is 12.9. The number of benzene rings is 7. The van der Waals surface area contributed by atoms with Gasteiger partial charge in [-0.05, 0) is 75.8 Å². The molecule has 0 atom stereocenters. The summed E-state index contributed by atoms with van der Waals surface area (Å²) in [7, 11) is 0. The van der Waals surface area contributed by atoms with Crippen molar-refractivity contribution in [3.8, 4) is 33.4 Å². The predicted molar refractivity (Wildman–Crippen MR) is 202 cm³/mol. The van der Waals surface area contributed by atoms with Crippen LogP contribution in [-0.2, 0) is 5.41 Å². The summed E-state index contributed by atoms with van der Waals surface area (Å²) in [4.78, 5) is 2.45. The Kier molecular flexibility index (Phi) is 6.41. The summed E-state index contributed by atoms with van der Waals surface area (Å²) in [6.45, 7) is 4.71. The summed E-state index contributed by atoms with van der Waals surface area (Å²) in [5.74, 6) is 0. The van der Waals surface area contributed by atoms with Crippen molar-refractivity contribution in [3.63, 3.8) is 0 Å². The van der Waals surface area contributed by atoms with Gasteiger partial charge in [0.15, 0.2) is 0 Å². The van der Waals surface area contributed by atoms with Crippen LogP contribution in [0.2, 0.25) is 0 Å². The van der Waals surface area contributed by atoms with Gasteiger partial charge < -0.3 is 4.90 Å². The lowest BCUT2D eigenvalue weighted by Gasteiger charge is -2.30. The predicted octanol–water partition coefficient (Wildman–Crippen LogP) is 13.2. The molecular formula is C45H33NS. The number of hydrogen-bond donors (Lipinski definition) is 0. The molecule has 8 aromatic rings. The zero-order valence-corrected chi connectivity index (χ0v) is 27.3. The lowest BCUT2D eigenvalue weighted by molar-refractivity contribution is 0.660. The van der Waals surface area contributed by atoms with Crippen molar-refractivity contribution < 1.29 is 0 Å². The van der Waals surface area contributed by atoms with Crippen molar-refractivity contribution in [1.82, 2.24) is 0 Å². The van der Waals surface area contributed by atoms with E-state index >= 15 is 0 Å². The number of thiophene rings is 1. The van der Waals surface area contributed by atoms with E-state index in [1.165, 1.54) is 64.7 Å². The van der Waals surface area contributed by atoms with E-state index in [1.807, 2.05) is 11.3 Å². The molecule has 0 bridgehead atoms. The molecule has 0 N–H and O–H groups in total. The van der Waals surface area contributed by atoms with E-state index in [-0.39, 0.29) is 5.41 Å². The molecule has 0 spiro atoms. The minimum atomic E-state index is -0.0624. The van der Waals surface area contributed by atoms with Gasteiger partial charge in [-0.15, -0.1) is 11.3 Å². The summed E-state index contributed by atoms with van der Waals surface area (Å²) in [6.07, 6.45) is 0. The number of rotatable bonds is 5. The number of anilines is 3. The molecule has 9 rings (SSSR count). The molecular weight excluding hydrogens is 587 g/mol. The molecule has 0 fully saturated rings. The van der Waals surface area contributed by atoms with Crippen LogP contribution in [0.3, 0.4) is 0 Å². The van der Waals surface area contributed by atoms with E-state index in [0.717, 1.165) is 17.1 Å². The largest absolute Gasteiger partial charge is 0.309 e. The van der Waals surface area contributed by atoms with Gasteiger partial charge in [-0.1, -0.05) is 135 Å². The Morgan fingerprint density at radius 3 is 1.87 bits per heavy atom. The van der Waals surface area contributed by atoms with Crippen molar-refractivity contribution in [3.05, 3.63) is 175 Å². The number of fused-ring (bicyclic) bond motifs is 6. The molecule has 1 aliphatic rings. The van der Waals surface area contributed by atoms with E-state index in [0.29, 0.717) is 0 Å². The normalized spacial score (nSPS) is 13.1. The number of hydrogen-bond acceptors (Lipinski definition) is 2. The molecule has 0 aliphatic heterocycles. The van der Waals surface area contributed by atoms with E-state index in [4.69, 9.17) is 0 Å². The van der Waals surface area contributed by atoms with Crippen LogP contribution in [0.15, 0.2) is 164 Å². The van der Waals surface area contributed by atoms with E-state index in [9.17, 15) is 0 Å². The minimum absolute atomic E-state index is 0.0624. The van der Waals surface area contributed by atoms with Crippen LogP contribution in [0.4, 0.5) is 17.1 Å². The van der Waals surface area contributed by atoms with Crippen LogP contribution in [0.25, 0.3) is 53.6 Å². The van der Waals surface area contributed by atoms with Gasteiger partial charge in [0.25, 0.3) is 0 Å². The second kappa shape index (κ2) is 10.8. The molecule has 7 aromatic carbocycles. The molecule has 224 valence electrons. The monoisotopic (exact) mass is 619 g/mol. The second-order valence-corrected chi connectivity index (χ2v) is 14.0. The van der Waals surface area contributed by atoms with Crippen molar-refractivity contribution >= 4 is 48.6 Å². The SMILES string of the molecule is CC1(C)c2ccccc2-c2c(-c3ccccc3N(c3ccccc3)c3ccccc3-c3ccc4sc5ccccc5c4c3)cccc21. The van der Waals surface area contributed by atoms with Crippen molar-refractivity contribution in [1.29, 1.82) is 0 Å². The first-order valence-electron chi connectivity index (χ1n) is 16.3. The van der Waals surface area contributed by atoms with Crippen molar-refractivity contribution in [2.45, 2.75) is 19.3 Å². The van der Waals surface area contributed by atoms with Crippen LogP contribution >= 0.6 is 11.3 Å². The zero-order valence-electron chi connectivity index (χ0n) is 26.4. The van der Waals surface area contributed by atoms with E-state index < -0.39 is 0 Å². The number of nitrogens with zero attached hydrogens (tertiary/aromatic N) is 1. The average Bonchev–Trinajstić information content (AvgIpc) is 3.61. The Bertz CT molecular complexity index is 2450. The summed E-state index contributed by atoms with van der Waals surface area (Å²) in [5.41, 5.74) is 13.7.